The molecular formula is C24H29FN4O4. The van der Waals surface area contributed by atoms with Crippen molar-refractivity contribution in [1.82, 2.24) is 19.7 Å². The summed E-state index contributed by atoms with van der Waals surface area (Å²) in [6.45, 7) is 8.31. The molecule has 2 amide bonds. The molecule has 0 radical (unpaired) electrons. The van der Waals surface area contributed by atoms with Gasteiger partial charge in [-0.3, -0.25) is 19.3 Å². The normalized spacial score (nSPS) is 20.5. The summed E-state index contributed by atoms with van der Waals surface area (Å²) in [6.07, 6.45) is 1.96. The molecule has 3 heterocycles. The van der Waals surface area contributed by atoms with Crippen molar-refractivity contribution < 1.29 is 19.1 Å². The predicted molar refractivity (Wildman–Crippen MR) is 120 cm³/mol. The SMILES string of the molecule is CC(C)CN1CCC(C)N2C(=O)c3c(O)c(=O)c(C(=O)NCc4ccc(F)cc4)cn3CC12. The van der Waals surface area contributed by atoms with Gasteiger partial charge >= 0.3 is 0 Å². The van der Waals surface area contributed by atoms with Crippen LogP contribution < -0.4 is 10.7 Å². The minimum absolute atomic E-state index is 0.0205. The van der Waals surface area contributed by atoms with E-state index < -0.39 is 23.0 Å². The quantitative estimate of drug-likeness (QED) is 0.719. The number of benzene rings is 1. The summed E-state index contributed by atoms with van der Waals surface area (Å²) in [5, 5.41) is 13.3. The molecule has 0 saturated carbocycles. The zero-order valence-electron chi connectivity index (χ0n) is 19.0. The number of amides is 2. The van der Waals surface area contributed by atoms with Crippen LogP contribution in [-0.4, -0.2) is 56.6 Å². The topological polar surface area (TPSA) is 94.9 Å². The number of nitrogens with zero attached hydrogens (tertiary/aromatic N) is 3. The second-order valence-electron chi connectivity index (χ2n) is 9.25. The molecule has 2 aromatic rings. The number of hydrogen-bond acceptors (Lipinski definition) is 5. The van der Waals surface area contributed by atoms with E-state index in [1.807, 2.05) is 6.92 Å². The smallest absolute Gasteiger partial charge is 0.276 e. The van der Waals surface area contributed by atoms with Gasteiger partial charge in [-0.1, -0.05) is 26.0 Å². The number of aromatic hydroxyl groups is 1. The Labute approximate surface area is 191 Å². The van der Waals surface area contributed by atoms with Gasteiger partial charge in [0.05, 0.1) is 6.54 Å². The number of fused-ring (bicyclic) bond motifs is 2. The Balaban J connectivity index is 1.64. The Morgan fingerprint density at radius 1 is 1.24 bits per heavy atom. The average molecular weight is 457 g/mol. The van der Waals surface area contributed by atoms with Gasteiger partial charge in [-0.2, -0.15) is 0 Å². The van der Waals surface area contributed by atoms with Crippen LogP contribution >= 0.6 is 0 Å². The number of nitrogens with one attached hydrogen (secondary N) is 1. The van der Waals surface area contributed by atoms with Crippen molar-refractivity contribution in [3.8, 4) is 5.75 Å². The zero-order valence-corrected chi connectivity index (χ0v) is 19.0. The number of carbonyl (C=O) groups excluding carboxylic acids is 2. The third kappa shape index (κ3) is 4.37. The summed E-state index contributed by atoms with van der Waals surface area (Å²) in [4.78, 5) is 42.9. The molecule has 0 spiro atoms. The summed E-state index contributed by atoms with van der Waals surface area (Å²) in [5.74, 6) is -1.75. The van der Waals surface area contributed by atoms with E-state index in [0.29, 0.717) is 18.0 Å². The molecular weight excluding hydrogens is 427 g/mol. The second-order valence-corrected chi connectivity index (χ2v) is 9.25. The van der Waals surface area contributed by atoms with Crippen molar-refractivity contribution in [2.45, 2.75) is 52.5 Å². The summed E-state index contributed by atoms with van der Waals surface area (Å²) in [6, 6.07) is 5.62. The van der Waals surface area contributed by atoms with Crippen LogP contribution in [-0.2, 0) is 13.1 Å². The molecule has 0 aliphatic carbocycles. The largest absolute Gasteiger partial charge is 0.503 e. The fraction of sp³-hybridized carbons (Fsp3) is 0.458. The Hall–Kier alpha value is -3.20. The van der Waals surface area contributed by atoms with Crippen molar-refractivity contribution in [2.75, 3.05) is 13.1 Å². The van der Waals surface area contributed by atoms with Crippen LogP contribution in [0.1, 0.15) is 53.6 Å². The Morgan fingerprint density at radius 3 is 2.61 bits per heavy atom. The van der Waals surface area contributed by atoms with Crippen LogP contribution in [0.2, 0.25) is 0 Å². The van der Waals surface area contributed by atoms with Gasteiger partial charge in [0.1, 0.15) is 17.5 Å². The first-order chi connectivity index (χ1) is 15.7. The molecule has 1 fully saturated rings. The second kappa shape index (κ2) is 8.97. The van der Waals surface area contributed by atoms with Crippen LogP contribution in [0.5, 0.6) is 5.75 Å². The molecule has 0 bridgehead atoms. The van der Waals surface area contributed by atoms with E-state index in [4.69, 9.17) is 0 Å². The lowest BCUT2D eigenvalue weighted by Gasteiger charge is -2.50. The van der Waals surface area contributed by atoms with E-state index in [-0.39, 0.29) is 35.8 Å². The average Bonchev–Trinajstić information content (AvgIpc) is 2.77. The fourth-order valence-electron chi connectivity index (χ4n) is 4.69. The number of rotatable bonds is 5. The summed E-state index contributed by atoms with van der Waals surface area (Å²) in [5.41, 5.74) is -0.532. The summed E-state index contributed by atoms with van der Waals surface area (Å²) >= 11 is 0. The lowest BCUT2D eigenvalue weighted by molar-refractivity contribution is -0.0366. The first-order valence-electron chi connectivity index (χ1n) is 11.2. The van der Waals surface area contributed by atoms with E-state index in [1.54, 1.807) is 4.90 Å². The van der Waals surface area contributed by atoms with E-state index >= 15 is 0 Å². The molecule has 1 aromatic heterocycles. The van der Waals surface area contributed by atoms with Crippen molar-refractivity contribution >= 4 is 11.8 Å². The van der Waals surface area contributed by atoms with Gasteiger partial charge in [0, 0.05) is 31.9 Å². The molecule has 2 atom stereocenters. The highest BCUT2D eigenvalue weighted by Crippen LogP contribution is 2.31. The first-order valence-corrected chi connectivity index (χ1v) is 11.2. The maximum Gasteiger partial charge on any atom is 0.276 e. The molecule has 176 valence electrons. The van der Waals surface area contributed by atoms with Crippen molar-refractivity contribution in [2.24, 2.45) is 5.92 Å². The molecule has 4 rings (SSSR count). The number of hydrogen-bond donors (Lipinski definition) is 2. The monoisotopic (exact) mass is 456 g/mol. The van der Waals surface area contributed by atoms with Gasteiger partial charge in [0.25, 0.3) is 11.8 Å². The van der Waals surface area contributed by atoms with E-state index in [2.05, 4.69) is 24.1 Å². The molecule has 33 heavy (non-hydrogen) atoms. The van der Waals surface area contributed by atoms with Crippen LogP contribution in [0.15, 0.2) is 35.3 Å². The predicted octanol–water partition coefficient (Wildman–Crippen LogP) is 2.16. The van der Waals surface area contributed by atoms with Gasteiger partial charge in [0.2, 0.25) is 5.43 Å². The highest BCUT2D eigenvalue weighted by atomic mass is 19.1. The molecule has 1 saturated heterocycles. The zero-order chi connectivity index (χ0) is 23.9. The van der Waals surface area contributed by atoms with Gasteiger partial charge < -0.3 is 19.9 Å². The number of pyridine rings is 1. The van der Waals surface area contributed by atoms with Gasteiger partial charge in [-0.25, -0.2) is 4.39 Å². The lowest BCUT2D eigenvalue weighted by atomic mass is 10.0. The fourth-order valence-corrected chi connectivity index (χ4v) is 4.69. The van der Waals surface area contributed by atoms with E-state index in [0.717, 1.165) is 19.5 Å². The molecule has 8 nitrogen and oxygen atoms in total. The maximum absolute atomic E-state index is 13.3. The number of carbonyl (C=O) groups is 2. The Bertz CT molecular complexity index is 1130. The number of aromatic nitrogens is 1. The highest BCUT2D eigenvalue weighted by molar-refractivity contribution is 5.99. The lowest BCUT2D eigenvalue weighted by Crippen LogP contribution is -2.64. The van der Waals surface area contributed by atoms with Crippen LogP contribution in [0.3, 0.4) is 0 Å². The third-order valence-corrected chi connectivity index (χ3v) is 6.32. The van der Waals surface area contributed by atoms with Crippen molar-refractivity contribution in [1.29, 1.82) is 0 Å². The van der Waals surface area contributed by atoms with Crippen LogP contribution in [0.25, 0.3) is 0 Å². The van der Waals surface area contributed by atoms with Crippen molar-refractivity contribution in [3.63, 3.8) is 0 Å². The highest BCUT2D eigenvalue weighted by Gasteiger charge is 2.43. The van der Waals surface area contributed by atoms with E-state index in [1.165, 1.54) is 35.0 Å². The molecule has 2 aliphatic heterocycles. The van der Waals surface area contributed by atoms with Crippen molar-refractivity contribution in [3.05, 3.63) is 63.3 Å². The number of halogens is 1. The third-order valence-electron chi connectivity index (χ3n) is 6.32. The summed E-state index contributed by atoms with van der Waals surface area (Å²) < 4.78 is 14.6. The molecule has 2 N–H and O–H groups in total. The minimum atomic E-state index is -0.881. The molecule has 2 unspecified atom stereocenters. The standard InChI is InChI=1S/C24H29FN4O4/c1-14(2)11-27-9-8-15(3)29-19(27)13-28-12-18(21(30)22(31)20(28)24(29)33)23(32)26-10-16-4-6-17(25)7-5-16/h4-7,12,14-15,19,31H,8-11,13H2,1-3H3,(H,26,32). The molecule has 2 aliphatic rings. The maximum atomic E-state index is 13.3. The Morgan fingerprint density at radius 2 is 1.94 bits per heavy atom. The molecule has 9 heteroatoms. The van der Waals surface area contributed by atoms with Crippen LogP contribution in [0, 0.1) is 11.7 Å². The van der Waals surface area contributed by atoms with Gasteiger partial charge in [0.15, 0.2) is 11.4 Å². The first kappa shape index (κ1) is 23.0. The van der Waals surface area contributed by atoms with Gasteiger partial charge in [-0.15, -0.1) is 0 Å². The minimum Gasteiger partial charge on any atom is -0.503 e. The van der Waals surface area contributed by atoms with Crippen LogP contribution in [0.4, 0.5) is 4.39 Å². The molecule has 1 aromatic carbocycles. The van der Waals surface area contributed by atoms with Gasteiger partial charge in [-0.05, 0) is 37.0 Å². The Kier molecular flexibility index (Phi) is 6.25. The summed E-state index contributed by atoms with van der Waals surface area (Å²) in [7, 11) is 0. The van der Waals surface area contributed by atoms with E-state index in [9.17, 15) is 23.9 Å².